The van der Waals surface area contributed by atoms with Crippen molar-refractivity contribution < 1.29 is 28.2 Å². The third-order valence-electron chi connectivity index (χ3n) is 4.14. The molecule has 0 aliphatic carbocycles. The first-order valence-corrected chi connectivity index (χ1v) is 8.33. The van der Waals surface area contributed by atoms with E-state index in [1.807, 2.05) is 0 Å². The number of hydrogen-bond donors (Lipinski definition) is 1. The summed E-state index contributed by atoms with van der Waals surface area (Å²) in [5, 5.41) is 8.83. The highest BCUT2D eigenvalue weighted by Gasteiger charge is 2.26. The molecule has 1 aliphatic heterocycles. The SMILES string of the molecule is O=C(O)CC1CN(C(=O)CCc2ncc(-c3ccccc3F)o2)CCO1. The van der Waals surface area contributed by atoms with Gasteiger partial charge in [-0.15, -0.1) is 0 Å². The van der Waals surface area contributed by atoms with Crippen LogP contribution in [0.2, 0.25) is 0 Å². The number of aliphatic carboxylic acids is 1. The van der Waals surface area contributed by atoms with Crippen molar-refractivity contribution in [2.24, 2.45) is 0 Å². The number of morpholine rings is 1. The Morgan fingerprint density at radius 3 is 2.92 bits per heavy atom. The van der Waals surface area contributed by atoms with E-state index in [9.17, 15) is 14.0 Å². The largest absolute Gasteiger partial charge is 0.481 e. The number of halogens is 1. The number of carboxylic acids is 1. The standard InChI is InChI=1S/C18H19FN2O5/c19-14-4-2-1-3-13(14)15-10-20-16(26-15)5-6-17(22)21-7-8-25-12(11-21)9-18(23)24/h1-4,10,12H,5-9,11H2,(H,23,24). The van der Waals surface area contributed by atoms with Crippen LogP contribution in [0.5, 0.6) is 0 Å². The fourth-order valence-electron chi connectivity index (χ4n) is 2.85. The zero-order valence-electron chi connectivity index (χ0n) is 14.1. The molecule has 2 aromatic rings. The number of rotatable bonds is 6. The van der Waals surface area contributed by atoms with Crippen LogP contribution in [0.25, 0.3) is 11.3 Å². The maximum atomic E-state index is 13.8. The lowest BCUT2D eigenvalue weighted by Crippen LogP contribution is -2.46. The van der Waals surface area contributed by atoms with Crippen molar-refractivity contribution in [1.82, 2.24) is 9.88 Å². The molecule has 0 bridgehead atoms. The van der Waals surface area contributed by atoms with Gasteiger partial charge in [0.2, 0.25) is 5.91 Å². The van der Waals surface area contributed by atoms with Gasteiger partial charge < -0.3 is 19.2 Å². The molecule has 1 N–H and O–H groups in total. The topological polar surface area (TPSA) is 92.9 Å². The highest BCUT2D eigenvalue weighted by Crippen LogP contribution is 2.23. The minimum Gasteiger partial charge on any atom is -0.481 e. The number of carboxylic acid groups (broad SMARTS) is 1. The molecule has 1 aromatic carbocycles. The van der Waals surface area contributed by atoms with Crippen molar-refractivity contribution in [3.63, 3.8) is 0 Å². The number of nitrogens with zero attached hydrogens (tertiary/aromatic N) is 2. The molecular formula is C18H19FN2O5. The lowest BCUT2D eigenvalue weighted by Gasteiger charge is -2.32. The predicted octanol–water partition coefficient (Wildman–Crippen LogP) is 2.12. The first-order chi connectivity index (χ1) is 12.5. The first kappa shape index (κ1) is 18.1. The van der Waals surface area contributed by atoms with E-state index in [4.69, 9.17) is 14.3 Å². The van der Waals surface area contributed by atoms with Crippen LogP contribution < -0.4 is 0 Å². The fourth-order valence-corrected chi connectivity index (χ4v) is 2.85. The zero-order valence-corrected chi connectivity index (χ0v) is 14.1. The monoisotopic (exact) mass is 362 g/mol. The molecule has 0 saturated carbocycles. The molecule has 7 nitrogen and oxygen atoms in total. The van der Waals surface area contributed by atoms with Crippen LogP contribution >= 0.6 is 0 Å². The minimum absolute atomic E-state index is 0.116. The molecule has 2 heterocycles. The van der Waals surface area contributed by atoms with E-state index in [1.54, 1.807) is 23.1 Å². The summed E-state index contributed by atoms with van der Waals surface area (Å²) in [6.45, 7) is 1.01. The Kier molecular flexibility index (Phi) is 5.62. The molecule has 0 spiro atoms. The summed E-state index contributed by atoms with van der Waals surface area (Å²) in [7, 11) is 0. The third-order valence-corrected chi connectivity index (χ3v) is 4.14. The number of amides is 1. The summed E-state index contributed by atoms with van der Waals surface area (Å²) in [6, 6.07) is 6.24. The Morgan fingerprint density at radius 2 is 2.15 bits per heavy atom. The summed E-state index contributed by atoms with van der Waals surface area (Å²) in [6.07, 6.45) is 1.29. The van der Waals surface area contributed by atoms with Crippen LogP contribution in [-0.2, 0) is 20.7 Å². The van der Waals surface area contributed by atoms with Gasteiger partial charge >= 0.3 is 5.97 Å². The first-order valence-electron chi connectivity index (χ1n) is 8.33. The van der Waals surface area contributed by atoms with E-state index in [-0.39, 0.29) is 31.7 Å². The van der Waals surface area contributed by atoms with Gasteiger partial charge in [-0.2, -0.15) is 0 Å². The maximum Gasteiger partial charge on any atom is 0.306 e. The number of carbonyl (C=O) groups is 2. The number of ether oxygens (including phenoxy) is 1. The second-order valence-electron chi connectivity index (χ2n) is 6.03. The van der Waals surface area contributed by atoms with Crippen molar-refractivity contribution in [2.45, 2.75) is 25.4 Å². The molecule has 0 radical (unpaired) electrons. The van der Waals surface area contributed by atoms with Gasteiger partial charge in [-0.1, -0.05) is 12.1 Å². The van der Waals surface area contributed by atoms with Crippen molar-refractivity contribution in [2.75, 3.05) is 19.7 Å². The molecule has 8 heteroatoms. The van der Waals surface area contributed by atoms with Gasteiger partial charge in [0.25, 0.3) is 0 Å². The van der Waals surface area contributed by atoms with E-state index in [2.05, 4.69) is 4.98 Å². The van der Waals surface area contributed by atoms with Crippen LogP contribution in [0.4, 0.5) is 4.39 Å². The molecule has 1 unspecified atom stereocenters. The van der Waals surface area contributed by atoms with Crippen molar-refractivity contribution in [3.8, 4) is 11.3 Å². The van der Waals surface area contributed by atoms with Crippen LogP contribution in [0.15, 0.2) is 34.9 Å². The van der Waals surface area contributed by atoms with Gasteiger partial charge in [-0.25, -0.2) is 9.37 Å². The van der Waals surface area contributed by atoms with Crippen LogP contribution in [0.3, 0.4) is 0 Å². The van der Waals surface area contributed by atoms with E-state index in [1.165, 1.54) is 12.3 Å². The highest BCUT2D eigenvalue weighted by molar-refractivity contribution is 5.76. The lowest BCUT2D eigenvalue weighted by molar-refractivity contribution is -0.147. The van der Waals surface area contributed by atoms with Gasteiger partial charge in [0, 0.05) is 25.9 Å². The van der Waals surface area contributed by atoms with E-state index >= 15 is 0 Å². The average Bonchev–Trinajstić information content (AvgIpc) is 3.08. The lowest BCUT2D eigenvalue weighted by atomic mass is 10.2. The smallest absolute Gasteiger partial charge is 0.306 e. The van der Waals surface area contributed by atoms with Gasteiger partial charge in [0.15, 0.2) is 11.7 Å². The summed E-state index contributed by atoms with van der Waals surface area (Å²) in [5.74, 6) is -0.798. The Morgan fingerprint density at radius 1 is 1.35 bits per heavy atom. The number of carbonyl (C=O) groups excluding carboxylic acids is 1. The van der Waals surface area contributed by atoms with Crippen LogP contribution in [0.1, 0.15) is 18.7 Å². The molecule has 26 heavy (non-hydrogen) atoms. The van der Waals surface area contributed by atoms with Crippen molar-refractivity contribution in [3.05, 3.63) is 42.2 Å². The van der Waals surface area contributed by atoms with E-state index in [0.29, 0.717) is 30.4 Å². The summed E-state index contributed by atoms with van der Waals surface area (Å²) >= 11 is 0. The predicted molar refractivity (Wildman–Crippen MR) is 88.8 cm³/mol. The van der Waals surface area contributed by atoms with Gasteiger partial charge in [0.1, 0.15) is 5.82 Å². The summed E-state index contributed by atoms with van der Waals surface area (Å²) in [4.78, 5) is 28.8. The molecule has 1 fully saturated rings. The normalized spacial score (nSPS) is 17.3. The van der Waals surface area contributed by atoms with Crippen molar-refractivity contribution >= 4 is 11.9 Å². The molecule has 1 aliphatic rings. The summed E-state index contributed by atoms with van der Waals surface area (Å²) in [5.41, 5.74) is 0.322. The second kappa shape index (κ2) is 8.09. The Balaban J connectivity index is 1.55. The van der Waals surface area contributed by atoms with Gasteiger partial charge in [-0.3, -0.25) is 9.59 Å². The number of aromatic nitrogens is 1. The number of oxazole rings is 1. The Hall–Kier alpha value is -2.74. The molecule has 1 amide bonds. The molecule has 1 aromatic heterocycles. The van der Waals surface area contributed by atoms with E-state index < -0.39 is 17.9 Å². The average molecular weight is 362 g/mol. The molecule has 3 rings (SSSR count). The maximum absolute atomic E-state index is 13.8. The fraction of sp³-hybridized carbons (Fsp3) is 0.389. The van der Waals surface area contributed by atoms with Crippen molar-refractivity contribution in [1.29, 1.82) is 0 Å². The number of hydrogen-bond acceptors (Lipinski definition) is 5. The highest BCUT2D eigenvalue weighted by atomic mass is 19.1. The second-order valence-corrected chi connectivity index (χ2v) is 6.03. The quantitative estimate of drug-likeness (QED) is 0.846. The van der Waals surface area contributed by atoms with Crippen LogP contribution in [0, 0.1) is 5.82 Å². The summed E-state index contributed by atoms with van der Waals surface area (Å²) < 4.78 is 24.7. The van der Waals surface area contributed by atoms with E-state index in [0.717, 1.165) is 0 Å². The minimum atomic E-state index is -0.954. The Bertz CT molecular complexity index is 791. The molecule has 138 valence electrons. The zero-order chi connectivity index (χ0) is 18.5. The molecular weight excluding hydrogens is 343 g/mol. The number of aryl methyl sites for hydroxylation is 1. The third kappa shape index (κ3) is 4.45. The van der Waals surface area contributed by atoms with Gasteiger partial charge in [-0.05, 0) is 12.1 Å². The Labute approximate surface area is 149 Å². The van der Waals surface area contributed by atoms with Gasteiger partial charge in [0.05, 0.1) is 30.9 Å². The number of benzene rings is 1. The molecule has 1 atom stereocenters. The molecule has 1 saturated heterocycles. The van der Waals surface area contributed by atoms with Crippen LogP contribution in [-0.4, -0.2) is 52.7 Å².